The summed E-state index contributed by atoms with van der Waals surface area (Å²) in [4.78, 5) is 14.7. The van der Waals surface area contributed by atoms with Crippen molar-refractivity contribution in [1.82, 2.24) is 9.47 Å². The van der Waals surface area contributed by atoms with E-state index in [9.17, 15) is 4.79 Å². The lowest BCUT2D eigenvalue weighted by Crippen LogP contribution is -2.37. The van der Waals surface area contributed by atoms with E-state index in [-0.39, 0.29) is 11.9 Å². The third-order valence-electron chi connectivity index (χ3n) is 4.61. The molecule has 1 aromatic heterocycles. The van der Waals surface area contributed by atoms with E-state index in [2.05, 4.69) is 48.1 Å². The summed E-state index contributed by atoms with van der Waals surface area (Å²) in [6.07, 6.45) is 8.19. The highest BCUT2D eigenvalue weighted by molar-refractivity contribution is 5.77. The van der Waals surface area contributed by atoms with Gasteiger partial charge < -0.3 is 9.47 Å². The number of hydrogen-bond acceptors (Lipinski definition) is 1. The molecule has 0 radical (unpaired) electrons. The fraction of sp³-hybridized carbons (Fsp3) is 0.421. The molecule has 116 valence electrons. The van der Waals surface area contributed by atoms with Gasteiger partial charge in [0.1, 0.15) is 0 Å². The van der Waals surface area contributed by atoms with Crippen LogP contribution < -0.4 is 0 Å². The summed E-state index contributed by atoms with van der Waals surface area (Å²) < 4.78 is 2.16. The van der Waals surface area contributed by atoms with Crippen LogP contribution in [0, 0.1) is 6.92 Å². The maximum atomic E-state index is 12.7. The fourth-order valence-electron chi connectivity index (χ4n) is 3.33. The number of carbonyl (C=O) groups excluding carboxylic acids is 1. The zero-order valence-corrected chi connectivity index (χ0v) is 13.2. The van der Waals surface area contributed by atoms with Gasteiger partial charge in [-0.3, -0.25) is 4.79 Å². The van der Waals surface area contributed by atoms with Gasteiger partial charge in [0, 0.05) is 25.5 Å². The molecule has 22 heavy (non-hydrogen) atoms. The molecule has 1 aromatic carbocycles. The topological polar surface area (TPSA) is 25.2 Å². The Kier molecular flexibility index (Phi) is 4.62. The number of piperidine rings is 1. The first-order valence-corrected chi connectivity index (χ1v) is 8.21. The normalized spacial score (nSPS) is 16.5. The van der Waals surface area contributed by atoms with Gasteiger partial charge in [0.25, 0.3) is 0 Å². The highest BCUT2D eigenvalue weighted by Gasteiger charge is 2.23. The number of amides is 1. The van der Waals surface area contributed by atoms with E-state index in [4.69, 9.17) is 0 Å². The van der Waals surface area contributed by atoms with Gasteiger partial charge in [0.2, 0.25) is 5.91 Å². The molecular formula is C19H24N2O. The monoisotopic (exact) mass is 296 g/mol. The van der Waals surface area contributed by atoms with E-state index in [1.54, 1.807) is 0 Å². The molecule has 1 fully saturated rings. The van der Waals surface area contributed by atoms with E-state index in [0.29, 0.717) is 6.42 Å². The standard InChI is InChI=1S/C19H24N2O/c1-16-9-3-4-10-17(16)18(20-11-7-8-12-20)15-19(22)21-13-5-2-6-14-21/h3-4,7-12,18H,2,5-6,13-15H2,1H3. The van der Waals surface area contributed by atoms with Gasteiger partial charge in [-0.15, -0.1) is 0 Å². The second-order valence-electron chi connectivity index (χ2n) is 6.15. The minimum absolute atomic E-state index is 0.0885. The van der Waals surface area contributed by atoms with Gasteiger partial charge in [-0.2, -0.15) is 0 Å². The van der Waals surface area contributed by atoms with E-state index in [1.165, 1.54) is 17.5 Å². The van der Waals surface area contributed by atoms with Crippen LogP contribution in [-0.4, -0.2) is 28.5 Å². The zero-order chi connectivity index (χ0) is 15.4. The minimum Gasteiger partial charge on any atom is -0.346 e. The first-order valence-electron chi connectivity index (χ1n) is 8.21. The van der Waals surface area contributed by atoms with Crippen molar-refractivity contribution >= 4 is 5.91 Å². The van der Waals surface area contributed by atoms with Crippen molar-refractivity contribution in [2.45, 2.75) is 38.6 Å². The van der Waals surface area contributed by atoms with Crippen LogP contribution in [-0.2, 0) is 4.79 Å². The molecule has 1 saturated heterocycles. The van der Waals surface area contributed by atoms with Crippen molar-refractivity contribution in [3.63, 3.8) is 0 Å². The SMILES string of the molecule is Cc1ccccc1C(CC(=O)N1CCCCC1)n1cccc1. The van der Waals surface area contributed by atoms with Gasteiger partial charge in [0.15, 0.2) is 0 Å². The van der Waals surface area contributed by atoms with Crippen LogP contribution in [0.25, 0.3) is 0 Å². The van der Waals surface area contributed by atoms with Crippen molar-refractivity contribution in [1.29, 1.82) is 0 Å². The number of hydrogen-bond donors (Lipinski definition) is 0. The summed E-state index contributed by atoms with van der Waals surface area (Å²) >= 11 is 0. The maximum Gasteiger partial charge on any atom is 0.225 e. The quantitative estimate of drug-likeness (QED) is 0.842. The molecule has 1 atom stereocenters. The molecule has 0 aliphatic carbocycles. The van der Waals surface area contributed by atoms with Crippen LogP contribution in [0.5, 0.6) is 0 Å². The van der Waals surface area contributed by atoms with Crippen LogP contribution in [0.3, 0.4) is 0 Å². The lowest BCUT2D eigenvalue weighted by atomic mass is 9.97. The molecule has 1 unspecified atom stereocenters. The first-order chi connectivity index (χ1) is 10.8. The number of rotatable bonds is 4. The largest absolute Gasteiger partial charge is 0.346 e. The number of aromatic nitrogens is 1. The molecule has 3 heteroatoms. The van der Waals surface area contributed by atoms with Crippen molar-refractivity contribution in [2.75, 3.05) is 13.1 Å². The lowest BCUT2D eigenvalue weighted by Gasteiger charge is -2.29. The maximum absolute atomic E-state index is 12.7. The highest BCUT2D eigenvalue weighted by atomic mass is 16.2. The van der Waals surface area contributed by atoms with Gasteiger partial charge in [-0.1, -0.05) is 24.3 Å². The molecule has 1 aliphatic heterocycles. The summed E-state index contributed by atoms with van der Waals surface area (Å²) in [5.74, 6) is 0.279. The van der Waals surface area contributed by atoms with Crippen molar-refractivity contribution in [3.8, 4) is 0 Å². The molecule has 1 amide bonds. The zero-order valence-electron chi connectivity index (χ0n) is 13.2. The van der Waals surface area contributed by atoms with Crippen molar-refractivity contribution in [3.05, 3.63) is 59.9 Å². The predicted octanol–water partition coefficient (Wildman–Crippen LogP) is 3.79. The van der Waals surface area contributed by atoms with Crippen molar-refractivity contribution in [2.24, 2.45) is 0 Å². The van der Waals surface area contributed by atoms with E-state index in [0.717, 1.165) is 25.9 Å². The number of benzene rings is 1. The van der Waals surface area contributed by atoms with Crippen LogP contribution in [0.2, 0.25) is 0 Å². The molecule has 0 bridgehead atoms. The average molecular weight is 296 g/mol. The number of likely N-dealkylation sites (tertiary alicyclic amines) is 1. The predicted molar refractivity (Wildman–Crippen MR) is 88.8 cm³/mol. The Balaban J connectivity index is 1.83. The van der Waals surface area contributed by atoms with Crippen LogP contribution in [0.15, 0.2) is 48.8 Å². The van der Waals surface area contributed by atoms with E-state index < -0.39 is 0 Å². The lowest BCUT2D eigenvalue weighted by molar-refractivity contribution is -0.132. The Labute approximate surface area is 132 Å². The van der Waals surface area contributed by atoms with E-state index in [1.807, 2.05) is 17.0 Å². The molecule has 0 spiro atoms. The van der Waals surface area contributed by atoms with Gasteiger partial charge in [0.05, 0.1) is 12.5 Å². The third kappa shape index (κ3) is 3.24. The molecule has 2 heterocycles. The van der Waals surface area contributed by atoms with Crippen molar-refractivity contribution < 1.29 is 4.79 Å². The third-order valence-corrected chi connectivity index (χ3v) is 4.61. The number of nitrogens with zero attached hydrogens (tertiary/aromatic N) is 2. The Morgan fingerprint density at radius 1 is 1.05 bits per heavy atom. The fourth-order valence-corrected chi connectivity index (χ4v) is 3.33. The molecule has 0 N–H and O–H groups in total. The van der Waals surface area contributed by atoms with Gasteiger partial charge in [-0.05, 0) is 49.4 Å². The molecule has 2 aromatic rings. The number of carbonyl (C=O) groups is 1. The smallest absolute Gasteiger partial charge is 0.225 e. The summed E-state index contributed by atoms with van der Waals surface area (Å²) in [6.45, 7) is 3.97. The Morgan fingerprint density at radius 2 is 1.73 bits per heavy atom. The highest BCUT2D eigenvalue weighted by Crippen LogP contribution is 2.26. The molecule has 3 rings (SSSR count). The number of aryl methyl sites for hydroxylation is 1. The summed E-state index contributed by atoms with van der Waals surface area (Å²) in [5, 5.41) is 0. The van der Waals surface area contributed by atoms with Gasteiger partial charge in [-0.25, -0.2) is 0 Å². The summed E-state index contributed by atoms with van der Waals surface area (Å²) in [6, 6.07) is 12.5. The molecule has 0 saturated carbocycles. The van der Waals surface area contributed by atoms with Crippen LogP contribution >= 0.6 is 0 Å². The van der Waals surface area contributed by atoms with E-state index >= 15 is 0 Å². The molecule has 1 aliphatic rings. The molecular weight excluding hydrogens is 272 g/mol. The second kappa shape index (κ2) is 6.82. The average Bonchev–Trinajstić information content (AvgIpc) is 3.08. The van der Waals surface area contributed by atoms with Crippen LogP contribution in [0.4, 0.5) is 0 Å². The Bertz CT molecular complexity index is 612. The summed E-state index contributed by atoms with van der Waals surface area (Å²) in [5.41, 5.74) is 2.48. The second-order valence-corrected chi connectivity index (χ2v) is 6.15. The minimum atomic E-state index is 0.0885. The summed E-state index contributed by atoms with van der Waals surface area (Å²) in [7, 11) is 0. The van der Waals surface area contributed by atoms with Crippen LogP contribution in [0.1, 0.15) is 42.9 Å². The Morgan fingerprint density at radius 3 is 2.41 bits per heavy atom. The van der Waals surface area contributed by atoms with Gasteiger partial charge >= 0.3 is 0 Å². The molecule has 3 nitrogen and oxygen atoms in total. The first kappa shape index (κ1) is 14.9. The Hall–Kier alpha value is -2.03.